The molecule has 0 bridgehead atoms. The molecule has 18 heavy (non-hydrogen) atoms. The van der Waals surface area contributed by atoms with Crippen molar-refractivity contribution in [2.24, 2.45) is 0 Å². The van der Waals surface area contributed by atoms with E-state index in [1.54, 1.807) is 5.57 Å². The molecule has 0 amide bonds. The minimum atomic E-state index is -5.84. The highest BCUT2D eigenvalue weighted by molar-refractivity contribution is 7.86. The van der Waals surface area contributed by atoms with Crippen LogP contribution in [0, 0.1) is 0 Å². The van der Waals surface area contributed by atoms with Crippen molar-refractivity contribution in [3.05, 3.63) is 11.8 Å². The van der Waals surface area contributed by atoms with Crippen LogP contribution in [0.15, 0.2) is 11.8 Å². The van der Waals surface area contributed by atoms with E-state index in [4.69, 9.17) is 13.0 Å². The number of hydrogen-bond acceptors (Lipinski definition) is 3. The maximum atomic E-state index is 10.7. The average Bonchev–Trinajstić information content (AvgIpc) is 2.64. The topological polar surface area (TPSA) is 57.6 Å². The van der Waals surface area contributed by atoms with Gasteiger partial charge in [0, 0.05) is 13.1 Å². The van der Waals surface area contributed by atoms with Gasteiger partial charge in [0.05, 0.1) is 0 Å². The summed E-state index contributed by atoms with van der Waals surface area (Å²) in [4.78, 5) is 2.43. The zero-order chi connectivity index (χ0) is 14.4. The van der Waals surface area contributed by atoms with Crippen molar-refractivity contribution in [3.63, 3.8) is 0 Å². The highest BCUT2D eigenvalue weighted by atomic mass is 32.2. The molecular formula is C10H18F3NO3S. The lowest BCUT2D eigenvalue weighted by molar-refractivity contribution is -0.0510. The lowest BCUT2D eigenvalue weighted by Crippen LogP contribution is -2.21. The maximum absolute atomic E-state index is 10.7. The second-order valence-corrected chi connectivity index (χ2v) is 5.26. The van der Waals surface area contributed by atoms with Gasteiger partial charge in [0.2, 0.25) is 0 Å². The Bertz CT molecular complexity index is 376. The van der Waals surface area contributed by atoms with Crippen LogP contribution in [0.1, 0.15) is 33.1 Å². The summed E-state index contributed by atoms with van der Waals surface area (Å²) in [5, 5.41) is 0. The Hall–Kier alpha value is -0.760. The van der Waals surface area contributed by atoms with E-state index in [1.807, 2.05) is 0 Å². The zero-order valence-electron chi connectivity index (χ0n) is 10.4. The average molecular weight is 289 g/mol. The molecule has 0 radical (unpaired) electrons. The smallest absolute Gasteiger partial charge is 0.377 e. The van der Waals surface area contributed by atoms with Crippen LogP contribution in [0.2, 0.25) is 0 Å². The van der Waals surface area contributed by atoms with Gasteiger partial charge in [0.1, 0.15) is 0 Å². The van der Waals surface area contributed by atoms with Crippen molar-refractivity contribution in [3.8, 4) is 0 Å². The fraction of sp³-hybridized carbons (Fsp3) is 0.800. The number of nitrogens with zero attached hydrogens (tertiary/aromatic N) is 1. The Morgan fingerprint density at radius 1 is 1.39 bits per heavy atom. The van der Waals surface area contributed by atoms with E-state index in [9.17, 15) is 13.2 Å². The first kappa shape index (κ1) is 17.2. The van der Waals surface area contributed by atoms with Crippen LogP contribution in [-0.2, 0) is 10.1 Å². The molecule has 0 fully saturated rings. The van der Waals surface area contributed by atoms with Crippen molar-refractivity contribution in [2.75, 3.05) is 13.1 Å². The second-order valence-electron chi connectivity index (χ2n) is 3.85. The molecule has 0 aromatic heterocycles. The summed E-state index contributed by atoms with van der Waals surface area (Å²) in [6.45, 7) is 6.97. The summed E-state index contributed by atoms with van der Waals surface area (Å²) in [5.41, 5.74) is -3.92. The Morgan fingerprint density at radius 2 is 1.89 bits per heavy atom. The van der Waals surface area contributed by atoms with Gasteiger partial charge in [0.25, 0.3) is 0 Å². The summed E-state index contributed by atoms with van der Waals surface area (Å²) < 4.78 is 57.5. The predicted octanol–water partition coefficient (Wildman–Crippen LogP) is 2.79. The predicted molar refractivity (Wildman–Crippen MR) is 62.5 cm³/mol. The van der Waals surface area contributed by atoms with E-state index in [-0.39, 0.29) is 0 Å². The van der Waals surface area contributed by atoms with Gasteiger partial charge in [-0.3, -0.25) is 4.55 Å². The molecule has 0 atom stereocenters. The lowest BCUT2D eigenvalue weighted by atomic mass is 10.2. The molecule has 1 heterocycles. The van der Waals surface area contributed by atoms with Crippen LogP contribution >= 0.6 is 0 Å². The molecule has 1 rings (SSSR count). The molecule has 0 aromatic carbocycles. The van der Waals surface area contributed by atoms with E-state index >= 15 is 0 Å². The molecule has 0 unspecified atom stereocenters. The third-order valence-electron chi connectivity index (χ3n) is 2.34. The Morgan fingerprint density at radius 3 is 2.17 bits per heavy atom. The first-order valence-electron chi connectivity index (χ1n) is 5.59. The monoisotopic (exact) mass is 289 g/mol. The Labute approximate surface area is 105 Å². The van der Waals surface area contributed by atoms with Crippen LogP contribution in [0.4, 0.5) is 13.2 Å². The first-order valence-corrected chi connectivity index (χ1v) is 7.03. The SMILES string of the molecule is CCCN1C=C(CC)CC1.O=S(=O)(O)C(F)(F)F. The van der Waals surface area contributed by atoms with Crippen LogP contribution < -0.4 is 0 Å². The standard InChI is InChI=1S/C9H17N.CHF3O3S/c1-3-6-10-7-5-9(4-2)8-10;2-1(3,4)8(5,6)7/h8H,3-7H2,1-2H3;(H,5,6,7). The molecule has 0 aliphatic carbocycles. The number of alkyl halides is 3. The van der Waals surface area contributed by atoms with E-state index in [1.165, 1.54) is 32.4 Å². The van der Waals surface area contributed by atoms with Gasteiger partial charge in [0.15, 0.2) is 0 Å². The summed E-state index contributed by atoms with van der Waals surface area (Å²) in [6, 6.07) is 0. The third kappa shape index (κ3) is 6.25. The molecular weight excluding hydrogens is 271 g/mol. The number of rotatable bonds is 3. The van der Waals surface area contributed by atoms with E-state index in [0.717, 1.165) is 0 Å². The summed E-state index contributed by atoms with van der Waals surface area (Å²) >= 11 is 0. The minimum absolute atomic E-state index is 1.24. The molecule has 0 aromatic rings. The van der Waals surface area contributed by atoms with Crippen LogP contribution in [-0.4, -0.2) is 36.5 Å². The summed E-state index contributed by atoms with van der Waals surface area (Å²) in [7, 11) is -5.84. The quantitative estimate of drug-likeness (QED) is 0.641. The molecule has 1 aliphatic rings. The molecule has 108 valence electrons. The van der Waals surface area contributed by atoms with Crippen LogP contribution in [0.3, 0.4) is 0 Å². The highest BCUT2D eigenvalue weighted by Crippen LogP contribution is 2.20. The lowest BCUT2D eigenvalue weighted by Gasteiger charge is -2.12. The van der Waals surface area contributed by atoms with E-state index < -0.39 is 15.6 Å². The van der Waals surface area contributed by atoms with E-state index in [0.29, 0.717) is 0 Å². The summed E-state index contributed by atoms with van der Waals surface area (Å²) in [5.74, 6) is 0. The fourth-order valence-electron chi connectivity index (χ4n) is 1.41. The minimum Gasteiger partial charge on any atom is -0.377 e. The van der Waals surface area contributed by atoms with Gasteiger partial charge >= 0.3 is 15.6 Å². The van der Waals surface area contributed by atoms with Gasteiger partial charge in [-0.05, 0) is 25.5 Å². The molecule has 0 saturated heterocycles. The first-order chi connectivity index (χ1) is 8.11. The van der Waals surface area contributed by atoms with E-state index in [2.05, 4.69) is 24.9 Å². The van der Waals surface area contributed by atoms with Gasteiger partial charge in [-0.15, -0.1) is 0 Å². The largest absolute Gasteiger partial charge is 0.522 e. The zero-order valence-corrected chi connectivity index (χ0v) is 11.2. The van der Waals surface area contributed by atoms with Crippen LogP contribution in [0.25, 0.3) is 0 Å². The maximum Gasteiger partial charge on any atom is 0.522 e. The van der Waals surface area contributed by atoms with Crippen molar-refractivity contribution < 1.29 is 26.1 Å². The van der Waals surface area contributed by atoms with Gasteiger partial charge in [-0.1, -0.05) is 19.4 Å². The molecule has 0 saturated carbocycles. The van der Waals surface area contributed by atoms with Crippen molar-refractivity contribution in [1.82, 2.24) is 4.90 Å². The normalized spacial score (nSPS) is 16.1. The Balaban J connectivity index is 0.000000331. The highest BCUT2D eigenvalue weighted by Gasteiger charge is 2.44. The number of hydrogen-bond donors (Lipinski definition) is 1. The van der Waals surface area contributed by atoms with Crippen LogP contribution in [0.5, 0.6) is 0 Å². The van der Waals surface area contributed by atoms with Gasteiger partial charge in [-0.2, -0.15) is 21.6 Å². The Kier molecular flexibility index (Phi) is 6.69. The molecule has 8 heteroatoms. The second kappa shape index (κ2) is 6.98. The molecule has 1 N–H and O–H groups in total. The third-order valence-corrected chi connectivity index (χ3v) is 2.93. The van der Waals surface area contributed by atoms with Gasteiger partial charge in [-0.25, -0.2) is 0 Å². The van der Waals surface area contributed by atoms with Crippen molar-refractivity contribution in [2.45, 2.75) is 38.6 Å². The molecule has 0 spiro atoms. The van der Waals surface area contributed by atoms with Gasteiger partial charge < -0.3 is 4.90 Å². The van der Waals surface area contributed by atoms with Crippen molar-refractivity contribution in [1.29, 1.82) is 0 Å². The molecule has 4 nitrogen and oxygen atoms in total. The summed E-state index contributed by atoms with van der Waals surface area (Å²) in [6.07, 6.45) is 6.15. The fourth-order valence-corrected chi connectivity index (χ4v) is 1.41. The number of halogens is 3. The van der Waals surface area contributed by atoms with Crippen molar-refractivity contribution >= 4 is 10.1 Å². The molecule has 1 aliphatic heterocycles.